The SMILES string of the molecule is C/C(C(=O)NC1(C(=O)O)CC1)=C(/O)[C@@H]1Oc2c(O)ccc3c2[C@@]12CCN(CC1CC1)[C@H](C3)[C@@]2(C)O. The number of hydrogen-bond donors (Lipinski definition) is 5. The van der Waals surface area contributed by atoms with Gasteiger partial charge in [-0.2, -0.15) is 0 Å². The number of carboxylic acid groups (broad SMARTS) is 1. The van der Waals surface area contributed by atoms with Crippen molar-refractivity contribution in [2.45, 2.75) is 81.1 Å². The average Bonchev–Trinajstić information content (AvgIpc) is 3.72. The van der Waals surface area contributed by atoms with Gasteiger partial charge in [-0.25, -0.2) is 4.79 Å². The van der Waals surface area contributed by atoms with Crippen molar-refractivity contribution in [1.82, 2.24) is 10.2 Å². The Morgan fingerprint density at radius 1 is 1.20 bits per heavy atom. The summed E-state index contributed by atoms with van der Waals surface area (Å²) in [6.07, 6.45) is 3.07. The lowest BCUT2D eigenvalue weighted by Crippen LogP contribution is -2.73. The van der Waals surface area contributed by atoms with E-state index < -0.39 is 34.5 Å². The number of carboxylic acids is 1. The predicted molar refractivity (Wildman–Crippen MR) is 124 cm³/mol. The third kappa shape index (κ3) is 3.00. The number of benzene rings is 1. The van der Waals surface area contributed by atoms with Crippen molar-refractivity contribution in [3.05, 3.63) is 34.6 Å². The lowest BCUT2D eigenvalue weighted by Gasteiger charge is -2.59. The number of fused-ring (bicyclic) bond motifs is 1. The number of phenolic OH excluding ortho intramolecular Hbond substituents is 1. The summed E-state index contributed by atoms with van der Waals surface area (Å²) in [4.78, 5) is 26.9. The zero-order valence-corrected chi connectivity index (χ0v) is 20.0. The maximum Gasteiger partial charge on any atom is 0.329 e. The molecular weight excluding hydrogens is 452 g/mol. The van der Waals surface area contributed by atoms with Crippen LogP contribution >= 0.6 is 0 Å². The van der Waals surface area contributed by atoms with Gasteiger partial charge in [0, 0.05) is 18.2 Å². The van der Waals surface area contributed by atoms with Crippen LogP contribution in [0.4, 0.5) is 0 Å². The normalized spacial score (nSPS) is 34.9. The van der Waals surface area contributed by atoms with Gasteiger partial charge in [0.05, 0.1) is 16.6 Å². The van der Waals surface area contributed by atoms with E-state index in [0.29, 0.717) is 43.7 Å². The van der Waals surface area contributed by atoms with E-state index in [9.17, 15) is 30.0 Å². The Balaban J connectivity index is 1.43. The maximum absolute atomic E-state index is 13.0. The number of aliphatic hydroxyl groups excluding tert-OH is 1. The Hall–Kier alpha value is -2.78. The van der Waals surface area contributed by atoms with Crippen LogP contribution in [0.2, 0.25) is 0 Å². The van der Waals surface area contributed by atoms with Gasteiger partial charge in [0.2, 0.25) is 0 Å². The molecule has 5 N–H and O–H groups in total. The number of phenols is 1. The van der Waals surface area contributed by atoms with Crippen LogP contribution < -0.4 is 10.1 Å². The first kappa shape index (κ1) is 22.7. The molecule has 6 rings (SSSR count). The summed E-state index contributed by atoms with van der Waals surface area (Å²) in [6, 6.07) is 3.24. The molecule has 188 valence electrons. The van der Waals surface area contributed by atoms with Crippen LogP contribution in [0.1, 0.15) is 57.1 Å². The lowest BCUT2D eigenvalue weighted by atomic mass is 9.53. The number of aliphatic hydroxyl groups is 2. The van der Waals surface area contributed by atoms with Gasteiger partial charge in [-0.3, -0.25) is 9.69 Å². The second kappa shape index (κ2) is 7.13. The number of amides is 1. The summed E-state index contributed by atoms with van der Waals surface area (Å²) in [7, 11) is 0. The number of ether oxygens (including phenoxy) is 1. The molecule has 2 heterocycles. The van der Waals surface area contributed by atoms with Gasteiger partial charge in [0.1, 0.15) is 11.3 Å². The molecule has 3 aliphatic carbocycles. The molecule has 35 heavy (non-hydrogen) atoms. The first-order chi connectivity index (χ1) is 16.5. The van der Waals surface area contributed by atoms with Gasteiger partial charge < -0.3 is 30.5 Å². The third-order valence-corrected chi connectivity index (χ3v) is 9.23. The highest BCUT2D eigenvalue weighted by atomic mass is 16.5. The topological polar surface area (TPSA) is 140 Å². The number of piperidine rings is 1. The summed E-state index contributed by atoms with van der Waals surface area (Å²) in [5.74, 6) is -1.31. The first-order valence-corrected chi connectivity index (χ1v) is 12.5. The van der Waals surface area contributed by atoms with Crippen LogP contribution in [0, 0.1) is 5.92 Å². The van der Waals surface area contributed by atoms with Crippen molar-refractivity contribution < 1.29 is 34.8 Å². The van der Waals surface area contributed by atoms with E-state index in [1.807, 2.05) is 6.07 Å². The van der Waals surface area contributed by atoms with Crippen molar-refractivity contribution in [2.24, 2.45) is 5.92 Å². The highest BCUT2D eigenvalue weighted by Crippen LogP contribution is 2.63. The molecule has 1 saturated heterocycles. The second-order valence-electron chi connectivity index (χ2n) is 11.3. The number of aliphatic carboxylic acids is 1. The van der Waals surface area contributed by atoms with E-state index in [1.165, 1.54) is 19.8 Å². The zero-order valence-electron chi connectivity index (χ0n) is 20.0. The molecular formula is C26H32N2O7. The molecule has 2 saturated carbocycles. The number of rotatable bonds is 6. The van der Waals surface area contributed by atoms with Gasteiger partial charge in [0.25, 0.3) is 5.91 Å². The molecule has 2 bridgehead atoms. The van der Waals surface area contributed by atoms with Gasteiger partial charge in [-0.1, -0.05) is 6.07 Å². The summed E-state index contributed by atoms with van der Waals surface area (Å²) in [5, 5.41) is 46.2. The number of nitrogens with one attached hydrogen (secondary N) is 1. The Morgan fingerprint density at radius 3 is 2.54 bits per heavy atom. The number of likely N-dealkylation sites (tertiary alicyclic amines) is 1. The zero-order chi connectivity index (χ0) is 24.9. The maximum atomic E-state index is 13.0. The molecule has 0 unspecified atom stereocenters. The van der Waals surface area contributed by atoms with Crippen LogP contribution in [0.25, 0.3) is 0 Å². The molecule has 1 aromatic rings. The fraction of sp³-hybridized carbons (Fsp3) is 0.615. The third-order valence-electron chi connectivity index (χ3n) is 9.23. The standard InChI is InChI=1S/C26H32N2O7/c1-13(22(31)27-25(7-8-25)23(32)33)19(30)21-26-9-10-28(12-14-3-4-14)17(24(26,2)34)11-15-5-6-16(29)20(35-21)18(15)26/h5-6,14,17,21,29-30,34H,3-4,7-12H2,1-2H3,(H,27,31)(H,32,33)/b19-13-/t17-,21+,24-,26+/m1/s1. The molecule has 0 radical (unpaired) electrons. The molecule has 3 fully saturated rings. The highest BCUT2D eigenvalue weighted by Gasteiger charge is 2.69. The Bertz CT molecular complexity index is 1170. The minimum Gasteiger partial charge on any atom is -0.508 e. The van der Waals surface area contributed by atoms with Crippen LogP contribution in [0.15, 0.2) is 23.5 Å². The fourth-order valence-electron chi connectivity index (χ4n) is 6.71. The molecule has 1 aromatic carbocycles. The van der Waals surface area contributed by atoms with Crippen molar-refractivity contribution >= 4 is 11.9 Å². The van der Waals surface area contributed by atoms with Crippen LogP contribution in [0.5, 0.6) is 11.5 Å². The van der Waals surface area contributed by atoms with E-state index in [4.69, 9.17) is 4.74 Å². The molecule has 2 aliphatic heterocycles. The molecule has 5 aliphatic rings. The van der Waals surface area contributed by atoms with Crippen LogP contribution in [-0.4, -0.2) is 73.6 Å². The van der Waals surface area contributed by atoms with Crippen molar-refractivity contribution in [3.63, 3.8) is 0 Å². The molecule has 1 amide bonds. The number of hydrogen-bond acceptors (Lipinski definition) is 7. The highest BCUT2D eigenvalue weighted by molar-refractivity contribution is 5.98. The van der Waals surface area contributed by atoms with Crippen LogP contribution in [-0.2, 0) is 21.4 Å². The molecule has 9 heteroatoms. The summed E-state index contributed by atoms with van der Waals surface area (Å²) < 4.78 is 6.20. The molecule has 1 spiro atoms. The summed E-state index contributed by atoms with van der Waals surface area (Å²) in [6.45, 7) is 4.83. The van der Waals surface area contributed by atoms with E-state index in [-0.39, 0.29) is 28.9 Å². The quantitative estimate of drug-likeness (QED) is 0.304. The molecule has 0 aromatic heterocycles. The summed E-state index contributed by atoms with van der Waals surface area (Å²) >= 11 is 0. The van der Waals surface area contributed by atoms with Crippen molar-refractivity contribution in [2.75, 3.05) is 13.1 Å². The van der Waals surface area contributed by atoms with E-state index in [1.54, 1.807) is 13.0 Å². The van der Waals surface area contributed by atoms with Gasteiger partial charge in [0.15, 0.2) is 17.6 Å². The predicted octanol–water partition coefficient (Wildman–Crippen LogP) is 1.75. The van der Waals surface area contributed by atoms with E-state index >= 15 is 0 Å². The van der Waals surface area contributed by atoms with Crippen molar-refractivity contribution in [3.8, 4) is 11.5 Å². The number of nitrogens with zero attached hydrogens (tertiary/aromatic N) is 1. The monoisotopic (exact) mass is 484 g/mol. The lowest BCUT2D eigenvalue weighted by molar-refractivity contribution is -0.153. The smallest absolute Gasteiger partial charge is 0.329 e. The Morgan fingerprint density at radius 2 is 1.91 bits per heavy atom. The first-order valence-electron chi connectivity index (χ1n) is 12.5. The van der Waals surface area contributed by atoms with Gasteiger partial charge >= 0.3 is 5.97 Å². The number of carbonyl (C=O) groups excluding carboxylic acids is 1. The van der Waals surface area contributed by atoms with Crippen molar-refractivity contribution in [1.29, 1.82) is 0 Å². The fourth-order valence-corrected chi connectivity index (χ4v) is 6.71. The second-order valence-corrected chi connectivity index (χ2v) is 11.3. The number of aromatic hydroxyl groups is 1. The minimum atomic E-state index is -1.31. The Kier molecular flexibility index (Phi) is 4.62. The minimum absolute atomic E-state index is 0.0518. The Labute approximate surface area is 203 Å². The van der Waals surface area contributed by atoms with E-state index in [2.05, 4.69) is 10.2 Å². The number of carbonyl (C=O) groups is 2. The average molecular weight is 485 g/mol. The van der Waals surface area contributed by atoms with E-state index in [0.717, 1.165) is 12.1 Å². The summed E-state index contributed by atoms with van der Waals surface area (Å²) in [5.41, 5.74) is -2.04. The molecule has 9 nitrogen and oxygen atoms in total. The largest absolute Gasteiger partial charge is 0.508 e. The van der Waals surface area contributed by atoms with Crippen LogP contribution in [0.3, 0.4) is 0 Å². The molecule has 4 atom stereocenters. The van der Waals surface area contributed by atoms with Gasteiger partial charge in [-0.05, 0) is 76.5 Å². The van der Waals surface area contributed by atoms with Gasteiger partial charge in [-0.15, -0.1) is 0 Å².